The van der Waals surface area contributed by atoms with E-state index >= 15 is 0 Å². The van der Waals surface area contributed by atoms with Crippen LogP contribution in [0.3, 0.4) is 0 Å². The Labute approximate surface area is 154 Å². The lowest BCUT2D eigenvalue weighted by molar-refractivity contribution is -0.142. The second-order valence-electron chi connectivity index (χ2n) is 5.57. The van der Waals surface area contributed by atoms with Crippen LogP contribution in [-0.4, -0.2) is 52.5 Å². The largest absolute Gasteiger partial charge is 0.480 e. The number of carboxylic acids is 1. The maximum atomic E-state index is 12.0. The third-order valence-corrected chi connectivity index (χ3v) is 4.59. The number of carbonyl (C=O) groups is 2. The molecular weight excluding hydrogens is 358 g/mol. The molecule has 0 bridgehead atoms. The molecule has 9 heteroatoms. The number of hydrogen-bond donors (Lipinski definition) is 3. The van der Waals surface area contributed by atoms with Gasteiger partial charge in [0, 0.05) is 32.3 Å². The molecule has 1 aromatic heterocycles. The van der Waals surface area contributed by atoms with Gasteiger partial charge in [-0.1, -0.05) is 12.1 Å². The summed E-state index contributed by atoms with van der Waals surface area (Å²) in [5.41, 5.74) is 0.443. The molecule has 2 rings (SSSR count). The van der Waals surface area contributed by atoms with Gasteiger partial charge in [0.15, 0.2) is 0 Å². The summed E-state index contributed by atoms with van der Waals surface area (Å²) in [4.78, 5) is 42.0. The zero-order valence-corrected chi connectivity index (χ0v) is 15.2. The molecule has 1 aromatic carbocycles. The Hall–Kier alpha value is -2.39. The standard InChI is InChI=1S/C17H21N3O5S/c1-25-8-6-13(17(23)24)19-15(21)7-9-26-10-14-18-12-5-3-2-4-11(12)16(22)20-14/h2-5,13H,6-10H2,1H3,(H,19,21)(H,23,24)(H,18,20,22). The van der Waals surface area contributed by atoms with Crippen molar-refractivity contribution in [3.63, 3.8) is 0 Å². The topological polar surface area (TPSA) is 121 Å². The van der Waals surface area contributed by atoms with Crippen molar-refractivity contribution in [2.45, 2.75) is 24.6 Å². The third-order valence-electron chi connectivity index (χ3n) is 3.62. The third kappa shape index (κ3) is 5.85. The SMILES string of the molecule is COCCC(NC(=O)CCSCc1nc2ccccc2c(=O)[nH]1)C(=O)O. The van der Waals surface area contributed by atoms with Crippen LogP contribution in [0.4, 0.5) is 0 Å². The van der Waals surface area contributed by atoms with Gasteiger partial charge in [0.05, 0.1) is 16.7 Å². The number of fused-ring (bicyclic) bond motifs is 1. The van der Waals surface area contributed by atoms with Crippen molar-refractivity contribution in [2.24, 2.45) is 0 Å². The molecule has 2 aromatic rings. The lowest BCUT2D eigenvalue weighted by Gasteiger charge is -2.13. The number of ether oxygens (including phenoxy) is 1. The summed E-state index contributed by atoms with van der Waals surface area (Å²) < 4.78 is 4.84. The van der Waals surface area contributed by atoms with Gasteiger partial charge in [0.2, 0.25) is 5.91 Å². The summed E-state index contributed by atoms with van der Waals surface area (Å²) in [7, 11) is 1.47. The Balaban J connectivity index is 1.80. The fourth-order valence-electron chi connectivity index (χ4n) is 2.30. The van der Waals surface area contributed by atoms with E-state index in [4.69, 9.17) is 9.84 Å². The number of aromatic nitrogens is 2. The van der Waals surface area contributed by atoms with Crippen LogP contribution in [0.15, 0.2) is 29.1 Å². The van der Waals surface area contributed by atoms with Gasteiger partial charge in [-0.15, -0.1) is 0 Å². The molecule has 1 unspecified atom stereocenters. The maximum absolute atomic E-state index is 12.0. The van der Waals surface area contributed by atoms with Crippen LogP contribution < -0.4 is 10.9 Å². The predicted octanol–water partition coefficient (Wildman–Crippen LogP) is 1.15. The number of nitrogens with one attached hydrogen (secondary N) is 2. The molecule has 1 amide bonds. The van der Waals surface area contributed by atoms with E-state index in [1.165, 1.54) is 18.9 Å². The smallest absolute Gasteiger partial charge is 0.326 e. The Kier molecular flexibility index (Phi) is 7.61. The van der Waals surface area contributed by atoms with Gasteiger partial charge < -0.3 is 20.1 Å². The fraction of sp³-hybridized carbons (Fsp3) is 0.412. The molecule has 0 saturated heterocycles. The first kappa shape index (κ1) is 19.9. The van der Waals surface area contributed by atoms with Crippen LogP contribution in [-0.2, 0) is 20.1 Å². The highest BCUT2D eigenvalue weighted by Crippen LogP contribution is 2.12. The van der Waals surface area contributed by atoms with Crippen molar-refractivity contribution in [1.29, 1.82) is 0 Å². The number of hydrogen-bond acceptors (Lipinski definition) is 6. The number of methoxy groups -OCH3 is 1. The van der Waals surface area contributed by atoms with E-state index in [0.717, 1.165) is 0 Å². The van der Waals surface area contributed by atoms with E-state index < -0.39 is 12.0 Å². The lowest BCUT2D eigenvalue weighted by Crippen LogP contribution is -2.41. The molecule has 1 atom stereocenters. The molecule has 140 valence electrons. The molecule has 26 heavy (non-hydrogen) atoms. The zero-order chi connectivity index (χ0) is 18.9. The summed E-state index contributed by atoms with van der Waals surface area (Å²) in [5.74, 6) is 0.0721. The number of H-pyrrole nitrogens is 1. The highest BCUT2D eigenvalue weighted by atomic mass is 32.2. The van der Waals surface area contributed by atoms with Gasteiger partial charge in [-0.05, 0) is 12.1 Å². The van der Waals surface area contributed by atoms with Gasteiger partial charge in [-0.3, -0.25) is 9.59 Å². The van der Waals surface area contributed by atoms with Gasteiger partial charge in [0.25, 0.3) is 5.56 Å². The first-order valence-corrected chi connectivity index (χ1v) is 9.23. The van der Waals surface area contributed by atoms with Crippen LogP contribution in [0.2, 0.25) is 0 Å². The van der Waals surface area contributed by atoms with E-state index in [-0.39, 0.29) is 30.9 Å². The molecule has 0 spiro atoms. The monoisotopic (exact) mass is 379 g/mol. The number of benzene rings is 1. The summed E-state index contributed by atoms with van der Waals surface area (Å²) in [6, 6.07) is 6.14. The number of thioether (sulfide) groups is 1. The van der Waals surface area contributed by atoms with Crippen molar-refractivity contribution in [2.75, 3.05) is 19.5 Å². The van der Waals surface area contributed by atoms with E-state index in [0.29, 0.717) is 28.2 Å². The first-order chi connectivity index (χ1) is 12.5. The molecule has 0 aliphatic rings. The Morgan fingerprint density at radius 1 is 1.38 bits per heavy atom. The van der Waals surface area contributed by atoms with Gasteiger partial charge in [-0.2, -0.15) is 11.8 Å². The summed E-state index contributed by atoms with van der Waals surface area (Å²) >= 11 is 1.44. The van der Waals surface area contributed by atoms with E-state index in [1.54, 1.807) is 18.2 Å². The number of amides is 1. The molecule has 0 saturated carbocycles. The Morgan fingerprint density at radius 2 is 2.15 bits per heavy atom. The molecule has 0 aliphatic carbocycles. The minimum Gasteiger partial charge on any atom is -0.480 e. The maximum Gasteiger partial charge on any atom is 0.326 e. The van der Waals surface area contributed by atoms with Crippen LogP contribution in [0.1, 0.15) is 18.7 Å². The van der Waals surface area contributed by atoms with Crippen molar-refractivity contribution in [3.8, 4) is 0 Å². The second-order valence-corrected chi connectivity index (χ2v) is 6.68. The quantitative estimate of drug-likeness (QED) is 0.530. The molecule has 0 radical (unpaired) electrons. The zero-order valence-electron chi connectivity index (χ0n) is 14.4. The number of aliphatic carboxylic acids is 1. The first-order valence-electron chi connectivity index (χ1n) is 8.08. The number of carbonyl (C=O) groups excluding carboxylic acids is 1. The van der Waals surface area contributed by atoms with Crippen LogP contribution >= 0.6 is 11.8 Å². The van der Waals surface area contributed by atoms with Crippen molar-refractivity contribution in [1.82, 2.24) is 15.3 Å². The molecule has 3 N–H and O–H groups in total. The normalized spacial score (nSPS) is 12.0. The number of aromatic amines is 1. The van der Waals surface area contributed by atoms with Crippen molar-refractivity contribution >= 4 is 34.5 Å². The van der Waals surface area contributed by atoms with Crippen molar-refractivity contribution in [3.05, 3.63) is 40.4 Å². The lowest BCUT2D eigenvalue weighted by atomic mass is 10.2. The summed E-state index contributed by atoms with van der Waals surface area (Å²) in [5, 5.41) is 12.1. The Morgan fingerprint density at radius 3 is 2.88 bits per heavy atom. The van der Waals surface area contributed by atoms with Gasteiger partial charge >= 0.3 is 5.97 Å². The minimum absolute atomic E-state index is 0.180. The Bertz CT molecular complexity index is 823. The van der Waals surface area contributed by atoms with Gasteiger partial charge in [-0.25, -0.2) is 9.78 Å². The van der Waals surface area contributed by atoms with Gasteiger partial charge in [0.1, 0.15) is 11.9 Å². The number of carboxylic acid groups (broad SMARTS) is 1. The second kappa shape index (κ2) is 9.93. The van der Waals surface area contributed by atoms with Crippen LogP contribution in [0, 0.1) is 0 Å². The number of rotatable bonds is 10. The average molecular weight is 379 g/mol. The highest BCUT2D eigenvalue weighted by Gasteiger charge is 2.19. The minimum atomic E-state index is -1.08. The van der Waals surface area contributed by atoms with E-state index in [9.17, 15) is 14.4 Å². The fourth-order valence-corrected chi connectivity index (χ4v) is 3.10. The van der Waals surface area contributed by atoms with Crippen molar-refractivity contribution < 1.29 is 19.4 Å². The van der Waals surface area contributed by atoms with Crippen LogP contribution in [0.5, 0.6) is 0 Å². The number of nitrogens with zero attached hydrogens (tertiary/aromatic N) is 1. The number of para-hydroxylation sites is 1. The molecule has 8 nitrogen and oxygen atoms in total. The summed E-state index contributed by atoms with van der Waals surface area (Å²) in [6.07, 6.45) is 0.395. The molecule has 1 heterocycles. The van der Waals surface area contributed by atoms with E-state index in [2.05, 4.69) is 15.3 Å². The van der Waals surface area contributed by atoms with Crippen LogP contribution in [0.25, 0.3) is 10.9 Å². The molecule has 0 aliphatic heterocycles. The average Bonchev–Trinajstić information content (AvgIpc) is 2.62. The molecular formula is C17H21N3O5S. The predicted molar refractivity (Wildman–Crippen MR) is 99.2 cm³/mol. The molecule has 0 fully saturated rings. The highest BCUT2D eigenvalue weighted by molar-refractivity contribution is 7.98. The summed E-state index contributed by atoms with van der Waals surface area (Å²) in [6.45, 7) is 0.257. The van der Waals surface area contributed by atoms with E-state index in [1.807, 2.05) is 6.07 Å².